The topological polar surface area (TPSA) is 143 Å². The van der Waals surface area contributed by atoms with E-state index in [2.05, 4.69) is 0 Å². The summed E-state index contributed by atoms with van der Waals surface area (Å²) >= 11 is 0. The number of carbonyl (C=O) groups is 2. The molecule has 0 radical (unpaired) electrons. The quantitative estimate of drug-likeness (QED) is 0.429. The average molecular weight is 424 g/mol. The van der Waals surface area contributed by atoms with E-state index in [0.717, 1.165) is 11.1 Å². The molecule has 10 unspecified atom stereocenters. The van der Waals surface area contributed by atoms with E-state index in [1.54, 1.807) is 13.0 Å². The van der Waals surface area contributed by atoms with Gasteiger partial charge in [0.2, 0.25) is 0 Å². The maximum absolute atomic E-state index is 12.6. The molecule has 166 valence electrons. The van der Waals surface area contributed by atoms with Gasteiger partial charge in [0.1, 0.15) is 30.5 Å². The van der Waals surface area contributed by atoms with Gasteiger partial charge < -0.3 is 34.6 Å². The van der Waals surface area contributed by atoms with Gasteiger partial charge in [0.05, 0.1) is 18.6 Å². The number of carbonyl (C=O) groups excluding carboxylic acids is 2. The fourth-order valence-corrected chi connectivity index (χ4v) is 5.28. The molecule has 4 rings (SSSR count). The summed E-state index contributed by atoms with van der Waals surface area (Å²) in [4.78, 5) is 25.0. The fraction of sp³-hybridized carbons (Fsp3) is 0.714. The summed E-state index contributed by atoms with van der Waals surface area (Å²) in [6.07, 6.45) is -6.35. The largest absolute Gasteiger partial charge is 0.461 e. The molecule has 0 bridgehead atoms. The highest BCUT2D eigenvalue weighted by Crippen LogP contribution is 2.49. The van der Waals surface area contributed by atoms with Crippen LogP contribution in [0.2, 0.25) is 0 Å². The van der Waals surface area contributed by atoms with Crippen LogP contribution in [0.5, 0.6) is 0 Å². The van der Waals surface area contributed by atoms with Crippen LogP contribution in [0.4, 0.5) is 0 Å². The number of allylic oxidation sites excluding steroid dienone is 1. The first-order valence-electron chi connectivity index (χ1n) is 10.2. The number of hydrogen-bond acceptors (Lipinski definition) is 9. The van der Waals surface area contributed by atoms with Gasteiger partial charge in [0.15, 0.2) is 12.1 Å². The summed E-state index contributed by atoms with van der Waals surface area (Å²) < 4.78 is 17.3. The van der Waals surface area contributed by atoms with E-state index in [-0.39, 0.29) is 17.7 Å². The lowest BCUT2D eigenvalue weighted by molar-refractivity contribution is -0.316. The van der Waals surface area contributed by atoms with E-state index in [9.17, 15) is 30.0 Å². The first-order valence-corrected chi connectivity index (χ1v) is 10.2. The highest BCUT2D eigenvalue weighted by molar-refractivity contribution is 6.09. The molecule has 0 aromatic rings. The lowest BCUT2D eigenvalue weighted by atomic mass is 9.79. The number of esters is 1. The van der Waals surface area contributed by atoms with Gasteiger partial charge in [0.25, 0.3) is 0 Å². The molecule has 2 aliphatic heterocycles. The minimum absolute atomic E-state index is 0.0992. The summed E-state index contributed by atoms with van der Waals surface area (Å²) in [5.41, 5.74) is 2.26. The van der Waals surface area contributed by atoms with Crippen LogP contribution in [0.1, 0.15) is 27.2 Å². The number of aliphatic hydroxyl groups is 4. The summed E-state index contributed by atoms with van der Waals surface area (Å²) in [6.45, 7) is 4.86. The average Bonchev–Trinajstić information content (AvgIpc) is 3.11. The molecule has 0 amide bonds. The maximum Gasteiger partial charge on any atom is 0.309 e. The Labute approximate surface area is 173 Å². The lowest BCUT2D eigenvalue weighted by Crippen LogP contribution is -2.60. The van der Waals surface area contributed by atoms with E-state index in [1.165, 1.54) is 0 Å². The van der Waals surface area contributed by atoms with E-state index < -0.39 is 61.4 Å². The van der Waals surface area contributed by atoms with Crippen LogP contribution >= 0.6 is 0 Å². The Morgan fingerprint density at radius 2 is 1.83 bits per heavy atom. The number of aliphatic hydroxyl groups excluding tert-OH is 4. The van der Waals surface area contributed by atoms with Crippen molar-refractivity contribution in [2.45, 2.75) is 70.1 Å². The Kier molecular flexibility index (Phi) is 5.63. The van der Waals surface area contributed by atoms with Crippen molar-refractivity contribution in [3.63, 3.8) is 0 Å². The van der Waals surface area contributed by atoms with Crippen molar-refractivity contribution in [3.8, 4) is 0 Å². The summed E-state index contributed by atoms with van der Waals surface area (Å²) in [5, 5.41) is 39.9. The Morgan fingerprint density at radius 3 is 2.50 bits per heavy atom. The van der Waals surface area contributed by atoms with Gasteiger partial charge in [-0.15, -0.1) is 0 Å². The van der Waals surface area contributed by atoms with E-state index in [1.807, 2.05) is 13.8 Å². The Bertz CT molecular complexity index is 800. The molecular weight excluding hydrogens is 396 g/mol. The molecule has 2 aliphatic carbocycles. The van der Waals surface area contributed by atoms with Crippen LogP contribution in [-0.2, 0) is 23.8 Å². The molecule has 0 saturated carbocycles. The van der Waals surface area contributed by atoms with Crippen molar-refractivity contribution in [2.75, 3.05) is 6.61 Å². The highest BCUT2D eigenvalue weighted by atomic mass is 16.7. The van der Waals surface area contributed by atoms with Crippen LogP contribution < -0.4 is 0 Å². The molecule has 0 spiro atoms. The monoisotopic (exact) mass is 424 g/mol. The zero-order valence-electron chi connectivity index (χ0n) is 17.1. The molecule has 9 nitrogen and oxygen atoms in total. The third-order valence-corrected chi connectivity index (χ3v) is 6.89. The second-order valence-corrected chi connectivity index (χ2v) is 8.77. The van der Waals surface area contributed by atoms with Gasteiger partial charge in [-0.05, 0) is 26.3 Å². The number of hydrogen-bond donors (Lipinski definition) is 4. The van der Waals surface area contributed by atoms with E-state index in [0.29, 0.717) is 12.0 Å². The van der Waals surface area contributed by atoms with E-state index in [4.69, 9.17) is 14.2 Å². The van der Waals surface area contributed by atoms with Gasteiger partial charge >= 0.3 is 5.97 Å². The van der Waals surface area contributed by atoms with Crippen LogP contribution in [0.15, 0.2) is 22.8 Å². The summed E-state index contributed by atoms with van der Waals surface area (Å²) in [6, 6.07) is 0. The van der Waals surface area contributed by atoms with E-state index >= 15 is 0 Å². The van der Waals surface area contributed by atoms with Gasteiger partial charge in [-0.2, -0.15) is 0 Å². The zero-order chi connectivity index (χ0) is 21.9. The van der Waals surface area contributed by atoms with Crippen molar-refractivity contribution in [1.29, 1.82) is 0 Å². The number of ketones is 1. The molecule has 4 N–H and O–H groups in total. The van der Waals surface area contributed by atoms with Crippen LogP contribution in [0, 0.1) is 17.8 Å². The second kappa shape index (κ2) is 7.81. The highest BCUT2D eigenvalue weighted by Gasteiger charge is 2.56. The van der Waals surface area contributed by atoms with Crippen LogP contribution in [-0.4, -0.2) is 81.7 Å². The van der Waals surface area contributed by atoms with Crippen molar-refractivity contribution >= 4 is 11.8 Å². The predicted octanol–water partition coefficient (Wildman–Crippen LogP) is -0.785. The van der Waals surface area contributed by atoms with Gasteiger partial charge in [-0.3, -0.25) is 9.59 Å². The SMILES string of the molecule is CC1=CC(=O)C2=C(C)CC(OC3OC(CO)C(O)C(O)C3O)C3C(C)C(=O)OC3C12. The Balaban J connectivity index is 1.66. The summed E-state index contributed by atoms with van der Waals surface area (Å²) in [7, 11) is 0. The molecule has 10 atom stereocenters. The molecular formula is C21H28O9. The van der Waals surface area contributed by atoms with Gasteiger partial charge in [-0.25, -0.2) is 0 Å². The molecule has 9 heteroatoms. The molecule has 2 heterocycles. The van der Waals surface area contributed by atoms with Crippen molar-refractivity contribution in [2.24, 2.45) is 17.8 Å². The number of rotatable bonds is 3. The third-order valence-electron chi connectivity index (χ3n) is 6.89. The smallest absolute Gasteiger partial charge is 0.309 e. The molecule has 0 aromatic heterocycles. The number of fused-ring (bicyclic) bond motifs is 3. The molecule has 2 saturated heterocycles. The molecule has 4 aliphatic rings. The third kappa shape index (κ3) is 3.24. The lowest BCUT2D eigenvalue weighted by Gasteiger charge is -2.42. The van der Waals surface area contributed by atoms with Gasteiger partial charge in [0, 0.05) is 17.4 Å². The predicted molar refractivity (Wildman–Crippen MR) is 101 cm³/mol. The zero-order valence-corrected chi connectivity index (χ0v) is 17.1. The second-order valence-electron chi connectivity index (χ2n) is 8.77. The van der Waals surface area contributed by atoms with Crippen LogP contribution in [0.3, 0.4) is 0 Å². The van der Waals surface area contributed by atoms with Crippen LogP contribution in [0.25, 0.3) is 0 Å². The Hall–Kier alpha value is -1.62. The van der Waals surface area contributed by atoms with Crippen molar-refractivity contribution < 1.29 is 44.2 Å². The molecule has 30 heavy (non-hydrogen) atoms. The summed E-state index contributed by atoms with van der Waals surface area (Å²) in [5.74, 6) is -1.71. The minimum atomic E-state index is -1.56. The Morgan fingerprint density at radius 1 is 1.13 bits per heavy atom. The maximum atomic E-state index is 12.6. The normalized spacial score (nSPS) is 46.3. The van der Waals surface area contributed by atoms with Crippen molar-refractivity contribution in [1.82, 2.24) is 0 Å². The standard InChI is InChI=1S/C21H28O9/c1-7-4-10(23)13-8(2)5-11(15-9(3)20(27)30-19(15)14(7)13)28-21-18(26)17(25)16(24)12(6-22)29-21/h4,9,11-12,14-19,21-22,24-26H,5-6H2,1-3H3. The molecule has 0 aromatic carbocycles. The molecule has 2 fully saturated rings. The first kappa shape index (κ1) is 21.6. The minimum Gasteiger partial charge on any atom is -0.461 e. The number of ether oxygens (including phenoxy) is 3. The van der Waals surface area contributed by atoms with Gasteiger partial charge in [-0.1, -0.05) is 18.1 Å². The first-order chi connectivity index (χ1) is 14.1. The van der Waals surface area contributed by atoms with Crippen molar-refractivity contribution in [3.05, 3.63) is 22.8 Å². The fourth-order valence-electron chi connectivity index (χ4n) is 5.28.